The van der Waals surface area contributed by atoms with Gasteiger partial charge in [0.1, 0.15) is 5.75 Å². The van der Waals surface area contributed by atoms with Gasteiger partial charge in [-0.3, -0.25) is 9.59 Å². The number of fused-ring (bicyclic) bond motifs is 1. The second-order valence-corrected chi connectivity index (χ2v) is 6.77. The Morgan fingerprint density at radius 2 is 1.96 bits per heavy atom. The van der Waals surface area contributed by atoms with Crippen LogP contribution in [0.4, 0.5) is 0 Å². The number of methoxy groups -OCH3 is 1. The molecule has 7 heteroatoms. The molecule has 7 nitrogen and oxygen atoms in total. The number of carbonyl (C=O) groups is 2. The van der Waals surface area contributed by atoms with Gasteiger partial charge in [-0.1, -0.05) is 12.1 Å². The zero-order valence-electron chi connectivity index (χ0n) is 14.5. The van der Waals surface area contributed by atoms with Crippen LogP contribution in [-0.4, -0.2) is 58.6 Å². The molecule has 3 heterocycles. The van der Waals surface area contributed by atoms with Gasteiger partial charge in [-0.2, -0.15) is 10.2 Å². The second kappa shape index (κ2) is 6.74. The number of ether oxygens (including phenoxy) is 1. The molecule has 134 valence electrons. The van der Waals surface area contributed by atoms with Crippen LogP contribution in [0.15, 0.2) is 42.7 Å². The number of carbonyl (C=O) groups excluding carboxylic acids is 2. The number of aromatic nitrogens is 2. The summed E-state index contributed by atoms with van der Waals surface area (Å²) in [5.74, 6) is 0.947. The quantitative estimate of drug-likeness (QED) is 0.827. The number of likely N-dealkylation sites (tertiary alicyclic amines) is 2. The first kappa shape index (κ1) is 16.5. The van der Waals surface area contributed by atoms with Crippen molar-refractivity contribution in [3.8, 4) is 5.75 Å². The Kier molecular flexibility index (Phi) is 4.28. The highest BCUT2D eigenvalue weighted by Gasteiger charge is 2.47. The molecule has 0 N–H and O–H groups in total. The number of nitrogens with zero attached hydrogens (tertiary/aromatic N) is 4. The number of benzene rings is 1. The van der Waals surface area contributed by atoms with Gasteiger partial charge in [-0.05, 0) is 23.8 Å². The lowest BCUT2D eigenvalue weighted by Gasteiger charge is -2.22. The van der Waals surface area contributed by atoms with Crippen LogP contribution in [0.5, 0.6) is 5.75 Å². The maximum atomic E-state index is 12.8. The molecule has 2 aromatic rings. The summed E-state index contributed by atoms with van der Waals surface area (Å²) in [6.07, 6.45) is 2.97. The molecule has 0 radical (unpaired) electrons. The van der Waals surface area contributed by atoms with Gasteiger partial charge in [-0.25, -0.2) is 0 Å². The van der Waals surface area contributed by atoms with Gasteiger partial charge in [0.15, 0.2) is 0 Å². The number of hydrogen-bond donors (Lipinski definition) is 0. The van der Waals surface area contributed by atoms with E-state index >= 15 is 0 Å². The Morgan fingerprint density at radius 1 is 1.15 bits per heavy atom. The van der Waals surface area contributed by atoms with E-state index in [4.69, 9.17) is 4.74 Å². The average molecular weight is 352 g/mol. The Balaban J connectivity index is 1.39. The lowest BCUT2D eigenvalue weighted by molar-refractivity contribution is -0.131. The van der Waals surface area contributed by atoms with E-state index < -0.39 is 0 Å². The van der Waals surface area contributed by atoms with E-state index in [1.165, 1.54) is 12.4 Å². The molecule has 1 aromatic heterocycles. The van der Waals surface area contributed by atoms with Crippen molar-refractivity contribution in [3.63, 3.8) is 0 Å². The SMILES string of the molecule is COc1ccc(CN2C[C@@H]3CN(C(=O)c4ccnnc4)C[C@H]3C2=O)cc1. The largest absolute Gasteiger partial charge is 0.497 e. The number of amides is 2. The summed E-state index contributed by atoms with van der Waals surface area (Å²) < 4.78 is 5.17. The molecule has 2 atom stereocenters. The van der Waals surface area contributed by atoms with Gasteiger partial charge in [0.2, 0.25) is 5.91 Å². The van der Waals surface area contributed by atoms with Crippen molar-refractivity contribution in [3.05, 3.63) is 53.9 Å². The van der Waals surface area contributed by atoms with Crippen molar-refractivity contribution in [2.75, 3.05) is 26.7 Å². The van der Waals surface area contributed by atoms with E-state index in [1.54, 1.807) is 18.1 Å². The first-order valence-electron chi connectivity index (χ1n) is 8.63. The van der Waals surface area contributed by atoms with E-state index in [1.807, 2.05) is 29.2 Å². The van der Waals surface area contributed by atoms with E-state index in [2.05, 4.69) is 10.2 Å². The van der Waals surface area contributed by atoms with Crippen molar-refractivity contribution < 1.29 is 14.3 Å². The fraction of sp³-hybridized carbons (Fsp3) is 0.368. The normalized spacial score (nSPS) is 21.8. The topological polar surface area (TPSA) is 75.6 Å². The van der Waals surface area contributed by atoms with Crippen LogP contribution in [0.2, 0.25) is 0 Å². The Morgan fingerprint density at radius 3 is 2.62 bits per heavy atom. The summed E-state index contributed by atoms with van der Waals surface area (Å²) in [4.78, 5) is 29.0. The van der Waals surface area contributed by atoms with Gasteiger partial charge in [0.05, 0.1) is 31.0 Å². The maximum Gasteiger partial charge on any atom is 0.255 e. The summed E-state index contributed by atoms with van der Waals surface area (Å²) in [7, 11) is 1.63. The third-order valence-corrected chi connectivity index (χ3v) is 5.18. The molecular formula is C19H20N4O3. The van der Waals surface area contributed by atoms with Crippen molar-refractivity contribution in [1.29, 1.82) is 0 Å². The maximum absolute atomic E-state index is 12.8. The van der Waals surface area contributed by atoms with E-state index in [0.717, 1.165) is 11.3 Å². The fourth-order valence-electron chi connectivity index (χ4n) is 3.80. The standard InChI is InChI=1S/C19H20N4O3/c1-26-16-4-2-13(3-5-16)9-22-10-15-11-23(12-17(15)19(22)25)18(24)14-6-7-20-21-8-14/h2-8,15,17H,9-12H2,1H3/t15-,17-/m1/s1. The number of rotatable bonds is 4. The molecule has 2 amide bonds. The fourth-order valence-corrected chi connectivity index (χ4v) is 3.80. The molecule has 0 unspecified atom stereocenters. The zero-order chi connectivity index (χ0) is 18.1. The zero-order valence-corrected chi connectivity index (χ0v) is 14.5. The second-order valence-electron chi connectivity index (χ2n) is 6.77. The first-order chi connectivity index (χ1) is 12.7. The molecule has 0 saturated carbocycles. The summed E-state index contributed by atoms with van der Waals surface area (Å²) in [5, 5.41) is 7.45. The van der Waals surface area contributed by atoms with E-state index in [-0.39, 0.29) is 23.7 Å². The van der Waals surface area contributed by atoms with E-state index in [0.29, 0.717) is 31.7 Å². The summed E-state index contributed by atoms with van der Waals surface area (Å²) >= 11 is 0. The Bertz CT molecular complexity index is 809. The van der Waals surface area contributed by atoms with Crippen molar-refractivity contribution in [2.24, 2.45) is 11.8 Å². The van der Waals surface area contributed by atoms with Crippen LogP contribution in [0.3, 0.4) is 0 Å². The molecule has 26 heavy (non-hydrogen) atoms. The van der Waals surface area contributed by atoms with Crippen LogP contribution >= 0.6 is 0 Å². The third kappa shape index (κ3) is 3.00. The Hall–Kier alpha value is -2.96. The lowest BCUT2D eigenvalue weighted by atomic mass is 10.0. The van der Waals surface area contributed by atoms with Crippen LogP contribution in [-0.2, 0) is 11.3 Å². The molecule has 4 rings (SSSR count). The van der Waals surface area contributed by atoms with E-state index in [9.17, 15) is 9.59 Å². The van der Waals surface area contributed by atoms with Gasteiger partial charge < -0.3 is 14.5 Å². The van der Waals surface area contributed by atoms with Gasteiger partial charge >= 0.3 is 0 Å². The van der Waals surface area contributed by atoms with Crippen molar-refractivity contribution >= 4 is 11.8 Å². The summed E-state index contributed by atoms with van der Waals surface area (Å²) in [5.41, 5.74) is 1.59. The minimum absolute atomic E-state index is 0.0798. The van der Waals surface area contributed by atoms with Crippen LogP contribution < -0.4 is 4.74 Å². The number of hydrogen-bond acceptors (Lipinski definition) is 5. The smallest absolute Gasteiger partial charge is 0.255 e. The minimum Gasteiger partial charge on any atom is -0.497 e. The molecule has 2 aliphatic heterocycles. The van der Waals surface area contributed by atoms with Gasteiger partial charge in [-0.15, -0.1) is 0 Å². The van der Waals surface area contributed by atoms with Gasteiger partial charge in [0, 0.05) is 32.1 Å². The summed E-state index contributed by atoms with van der Waals surface area (Å²) in [6.45, 7) is 2.37. The highest BCUT2D eigenvalue weighted by Crippen LogP contribution is 2.33. The molecule has 2 saturated heterocycles. The third-order valence-electron chi connectivity index (χ3n) is 5.18. The highest BCUT2D eigenvalue weighted by molar-refractivity contribution is 5.95. The van der Waals surface area contributed by atoms with Crippen molar-refractivity contribution in [2.45, 2.75) is 6.54 Å². The lowest BCUT2D eigenvalue weighted by Crippen LogP contribution is -2.35. The van der Waals surface area contributed by atoms with Crippen molar-refractivity contribution in [1.82, 2.24) is 20.0 Å². The average Bonchev–Trinajstić information content (AvgIpc) is 3.22. The highest BCUT2D eigenvalue weighted by atomic mass is 16.5. The van der Waals surface area contributed by atoms with Crippen LogP contribution in [0, 0.1) is 11.8 Å². The predicted molar refractivity (Wildman–Crippen MR) is 93.3 cm³/mol. The van der Waals surface area contributed by atoms with Crippen LogP contribution in [0.25, 0.3) is 0 Å². The van der Waals surface area contributed by atoms with Crippen LogP contribution in [0.1, 0.15) is 15.9 Å². The molecule has 1 aromatic carbocycles. The predicted octanol–water partition coefficient (Wildman–Crippen LogP) is 1.22. The Labute approximate surface area is 151 Å². The molecule has 0 bridgehead atoms. The molecule has 0 spiro atoms. The first-order valence-corrected chi connectivity index (χ1v) is 8.63. The minimum atomic E-state index is -0.105. The monoisotopic (exact) mass is 352 g/mol. The molecule has 0 aliphatic carbocycles. The molecule has 2 fully saturated rings. The molecule has 2 aliphatic rings. The van der Waals surface area contributed by atoms with Gasteiger partial charge in [0.25, 0.3) is 5.91 Å². The summed E-state index contributed by atoms with van der Waals surface area (Å²) in [6, 6.07) is 9.42. The molecular weight excluding hydrogens is 332 g/mol.